The van der Waals surface area contributed by atoms with E-state index in [2.05, 4.69) is 15.0 Å². The minimum Gasteiger partial charge on any atom is -0.484 e. The van der Waals surface area contributed by atoms with Crippen LogP contribution < -0.4 is 15.6 Å². The number of hydrogen-bond donors (Lipinski definition) is 1. The molecular formula is C21H20F3N3O3. The van der Waals surface area contributed by atoms with Gasteiger partial charge in [0, 0.05) is 19.5 Å². The molecule has 0 atom stereocenters. The number of fused-ring (bicyclic) bond motifs is 1. The van der Waals surface area contributed by atoms with E-state index in [1.807, 2.05) is 13.0 Å². The van der Waals surface area contributed by atoms with Gasteiger partial charge in [-0.1, -0.05) is 24.3 Å². The fourth-order valence-electron chi connectivity index (χ4n) is 2.88. The molecule has 3 aromatic rings. The minimum absolute atomic E-state index is 0.0890. The summed E-state index contributed by atoms with van der Waals surface area (Å²) in [5.41, 5.74) is 2.06. The van der Waals surface area contributed by atoms with E-state index in [0.717, 1.165) is 5.56 Å². The van der Waals surface area contributed by atoms with E-state index >= 15 is 0 Å². The van der Waals surface area contributed by atoms with Crippen LogP contribution in [0.2, 0.25) is 0 Å². The lowest BCUT2D eigenvalue weighted by Crippen LogP contribution is -2.27. The Hall–Kier alpha value is -3.36. The lowest BCUT2D eigenvalue weighted by molar-refractivity contribution is -0.153. The topological polar surface area (TPSA) is 73.2 Å². The van der Waals surface area contributed by atoms with Crippen LogP contribution in [-0.4, -0.2) is 28.2 Å². The molecule has 30 heavy (non-hydrogen) atoms. The predicted octanol–water partition coefficient (Wildman–Crippen LogP) is 3.35. The van der Waals surface area contributed by atoms with E-state index < -0.39 is 12.8 Å². The molecule has 0 spiro atoms. The molecule has 9 heteroatoms. The SMILES string of the molecule is Cc1cccc2c(=O)n(CCC(=O)NCc3ccc(OCC(F)(F)F)cc3)cnc12. The van der Waals surface area contributed by atoms with Gasteiger partial charge in [-0.2, -0.15) is 13.2 Å². The number of nitrogens with zero attached hydrogens (tertiary/aromatic N) is 2. The Labute approximate surface area is 170 Å². The number of halogens is 3. The second-order valence-corrected chi connectivity index (χ2v) is 6.79. The van der Waals surface area contributed by atoms with E-state index in [9.17, 15) is 22.8 Å². The summed E-state index contributed by atoms with van der Waals surface area (Å²) in [5, 5.41) is 3.22. The van der Waals surface area contributed by atoms with Crippen molar-refractivity contribution in [1.29, 1.82) is 0 Å². The number of nitrogens with one attached hydrogen (secondary N) is 1. The van der Waals surface area contributed by atoms with Gasteiger partial charge in [-0.25, -0.2) is 4.98 Å². The number of rotatable bonds is 7. The van der Waals surface area contributed by atoms with Gasteiger partial charge in [0.1, 0.15) is 5.75 Å². The van der Waals surface area contributed by atoms with Gasteiger partial charge in [-0.05, 0) is 36.2 Å². The highest BCUT2D eigenvalue weighted by Crippen LogP contribution is 2.18. The average Bonchev–Trinajstić information content (AvgIpc) is 2.71. The first kappa shape index (κ1) is 21.4. The molecule has 158 valence electrons. The molecule has 1 amide bonds. The molecule has 0 saturated heterocycles. The van der Waals surface area contributed by atoms with Crippen molar-refractivity contribution in [2.75, 3.05) is 6.61 Å². The molecule has 3 rings (SSSR count). The third-order valence-electron chi connectivity index (χ3n) is 4.45. The summed E-state index contributed by atoms with van der Waals surface area (Å²) in [6.45, 7) is 0.918. The normalized spacial score (nSPS) is 11.5. The number of aromatic nitrogens is 2. The summed E-state index contributed by atoms with van der Waals surface area (Å²) in [5.74, 6) is -0.163. The summed E-state index contributed by atoms with van der Waals surface area (Å²) < 4.78 is 42.5. The highest BCUT2D eigenvalue weighted by molar-refractivity contribution is 5.80. The van der Waals surface area contributed by atoms with Crippen LogP contribution in [-0.2, 0) is 17.9 Å². The summed E-state index contributed by atoms with van der Waals surface area (Å²) in [7, 11) is 0. The van der Waals surface area contributed by atoms with Crippen molar-refractivity contribution in [2.24, 2.45) is 0 Å². The van der Waals surface area contributed by atoms with E-state index in [0.29, 0.717) is 16.5 Å². The molecule has 0 bridgehead atoms. The van der Waals surface area contributed by atoms with E-state index in [1.165, 1.54) is 23.0 Å². The summed E-state index contributed by atoms with van der Waals surface area (Å²) in [6.07, 6.45) is -2.87. The van der Waals surface area contributed by atoms with Crippen LogP contribution in [0.25, 0.3) is 10.9 Å². The van der Waals surface area contributed by atoms with Gasteiger partial charge < -0.3 is 10.1 Å². The molecule has 0 aliphatic rings. The predicted molar refractivity (Wildman–Crippen MR) is 105 cm³/mol. The van der Waals surface area contributed by atoms with Crippen molar-refractivity contribution in [3.05, 3.63) is 70.3 Å². The van der Waals surface area contributed by atoms with Gasteiger partial charge in [0.25, 0.3) is 5.56 Å². The Bertz CT molecular complexity index is 1090. The molecule has 2 aromatic carbocycles. The highest BCUT2D eigenvalue weighted by Gasteiger charge is 2.28. The van der Waals surface area contributed by atoms with Gasteiger partial charge in [-0.15, -0.1) is 0 Å². The molecule has 0 radical (unpaired) electrons. The zero-order chi connectivity index (χ0) is 21.7. The first-order valence-corrected chi connectivity index (χ1v) is 9.23. The number of hydrogen-bond acceptors (Lipinski definition) is 4. The number of aryl methyl sites for hydroxylation is 2. The lowest BCUT2D eigenvalue weighted by atomic mass is 10.1. The smallest absolute Gasteiger partial charge is 0.422 e. The Morgan fingerprint density at radius 1 is 1.17 bits per heavy atom. The van der Waals surface area contributed by atoms with Crippen LogP contribution in [0.1, 0.15) is 17.5 Å². The third kappa shape index (κ3) is 5.59. The second kappa shape index (κ2) is 8.98. The maximum atomic E-state index is 12.5. The van der Waals surface area contributed by atoms with Gasteiger partial charge in [0.2, 0.25) is 5.91 Å². The van der Waals surface area contributed by atoms with Crippen molar-refractivity contribution >= 4 is 16.8 Å². The first-order chi connectivity index (χ1) is 14.2. The molecular weight excluding hydrogens is 399 g/mol. The van der Waals surface area contributed by atoms with E-state index in [-0.39, 0.29) is 36.7 Å². The van der Waals surface area contributed by atoms with Crippen LogP contribution >= 0.6 is 0 Å². The number of alkyl halides is 3. The van der Waals surface area contributed by atoms with Crippen molar-refractivity contribution < 1.29 is 22.7 Å². The maximum absolute atomic E-state index is 12.5. The lowest BCUT2D eigenvalue weighted by Gasteiger charge is -2.10. The fraction of sp³-hybridized carbons (Fsp3) is 0.286. The molecule has 0 fully saturated rings. The third-order valence-corrected chi connectivity index (χ3v) is 4.45. The standard InChI is InChI=1S/C21H20F3N3O3/c1-14-3-2-4-17-19(14)26-13-27(20(17)29)10-9-18(28)25-11-15-5-7-16(8-6-15)30-12-21(22,23)24/h2-8,13H,9-12H2,1H3,(H,25,28). The number of carbonyl (C=O) groups excluding carboxylic acids is 1. The Morgan fingerprint density at radius 2 is 1.90 bits per heavy atom. The van der Waals surface area contributed by atoms with Crippen molar-refractivity contribution in [3.63, 3.8) is 0 Å². The average molecular weight is 419 g/mol. The molecule has 0 aliphatic heterocycles. The molecule has 0 aliphatic carbocycles. The quantitative estimate of drug-likeness (QED) is 0.638. The number of benzene rings is 2. The van der Waals surface area contributed by atoms with Crippen molar-refractivity contribution in [3.8, 4) is 5.75 Å². The van der Waals surface area contributed by atoms with Gasteiger partial charge in [0.15, 0.2) is 6.61 Å². The van der Waals surface area contributed by atoms with Crippen LogP contribution in [0.4, 0.5) is 13.2 Å². The fourth-order valence-corrected chi connectivity index (χ4v) is 2.88. The first-order valence-electron chi connectivity index (χ1n) is 9.23. The summed E-state index contributed by atoms with van der Waals surface area (Å²) in [4.78, 5) is 28.9. The number of para-hydroxylation sites is 1. The van der Waals surface area contributed by atoms with Gasteiger partial charge >= 0.3 is 6.18 Å². The molecule has 1 aromatic heterocycles. The number of carbonyl (C=O) groups is 1. The van der Waals surface area contributed by atoms with Crippen molar-refractivity contribution in [1.82, 2.24) is 14.9 Å². The highest BCUT2D eigenvalue weighted by atomic mass is 19.4. The minimum atomic E-state index is -4.39. The summed E-state index contributed by atoms with van der Waals surface area (Å²) in [6, 6.07) is 11.3. The molecule has 1 heterocycles. The largest absolute Gasteiger partial charge is 0.484 e. The van der Waals surface area contributed by atoms with Crippen LogP contribution in [0.5, 0.6) is 5.75 Å². The zero-order valence-corrected chi connectivity index (χ0v) is 16.2. The Kier molecular flexibility index (Phi) is 6.39. The number of ether oxygens (including phenoxy) is 1. The molecule has 0 unspecified atom stereocenters. The van der Waals surface area contributed by atoms with Crippen molar-refractivity contribution in [2.45, 2.75) is 32.6 Å². The van der Waals surface area contributed by atoms with Crippen LogP contribution in [0.3, 0.4) is 0 Å². The van der Waals surface area contributed by atoms with Crippen LogP contribution in [0, 0.1) is 6.92 Å². The molecule has 0 saturated carbocycles. The van der Waals surface area contributed by atoms with E-state index in [4.69, 9.17) is 0 Å². The van der Waals surface area contributed by atoms with Gasteiger partial charge in [-0.3, -0.25) is 14.2 Å². The monoisotopic (exact) mass is 419 g/mol. The van der Waals surface area contributed by atoms with E-state index in [1.54, 1.807) is 24.3 Å². The van der Waals surface area contributed by atoms with Gasteiger partial charge in [0.05, 0.1) is 17.2 Å². The Morgan fingerprint density at radius 3 is 2.60 bits per heavy atom. The zero-order valence-electron chi connectivity index (χ0n) is 16.2. The van der Waals surface area contributed by atoms with Crippen LogP contribution in [0.15, 0.2) is 53.6 Å². The second-order valence-electron chi connectivity index (χ2n) is 6.79. The maximum Gasteiger partial charge on any atom is 0.422 e. The summed E-state index contributed by atoms with van der Waals surface area (Å²) >= 11 is 0. The molecule has 1 N–H and O–H groups in total. The molecule has 6 nitrogen and oxygen atoms in total. The Balaban J connectivity index is 1.51. The number of amides is 1.